The van der Waals surface area contributed by atoms with E-state index < -0.39 is 0 Å². The Balaban J connectivity index is 2.74. The van der Waals surface area contributed by atoms with Crippen LogP contribution in [0.1, 0.15) is 0 Å². The molecule has 0 unspecified atom stereocenters. The van der Waals surface area contributed by atoms with Crippen molar-refractivity contribution in [2.45, 2.75) is 6.73 Å². The topological polar surface area (TPSA) is 47.3 Å². The summed E-state index contributed by atoms with van der Waals surface area (Å²) < 4.78 is 6.18. The number of rotatable bonds is 2. The van der Waals surface area contributed by atoms with Crippen LogP contribution in [0.3, 0.4) is 0 Å². The molecule has 1 heterocycles. The number of aliphatic hydroxyl groups excluding tert-OH is 1. The first-order valence-corrected chi connectivity index (χ1v) is 2.54. The summed E-state index contributed by atoms with van der Waals surface area (Å²) in [6.45, 7) is -0.108. The Morgan fingerprint density at radius 1 is 1.89 bits per heavy atom. The lowest BCUT2D eigenvalue weighted by Crippen LogP contribution is -1.94. The van der Waals surface area contributed by atoms with Gasteiger partial charge in [0.15, 0.2) is 5.75 Å². The number of hydrogen-bond acceptors (Lipinski definition) is 3. The number of methoxy groups -OCH3 is 1. The molecule has 0 aliphatic heterocycles. The molecule has 0 atom stereocenters. The molecule has 1 aromatic heterocycles. The molecule has 1 aromatic rings. The summed E-state index contributed by atoms with van der Waals surface area (Å²) in [7, 11) is 1.55. The van der Waals surface area contributed by atoms with E-state index in [9.17, 15) is 0 Å². The van der Waals surface area contributed by atoms with Gasteiger partial charge in [0.1, 0.15) is 6.73 Å². The van der Waals surface area contributed by atoms with E-state index in [-0.39, 0.29) is 6.73 Å². The van der Waals surface area contributed by atoms with Crippen molar-refractivity contribution < 1.29 is 9.84 Å². The van der Waals surface area contributed by atoms with Crippen LogP contribution in [-0.4, -0.2) is 22.0 Å². The molecule has 0 fully saturated rings. The highest BCUT2D eigenvalue weighted by atomic mass is 16.5. The molecule has 0 aliphatic carbocycles. The van der Waals surface area contributed by atoms with Crippen molar-refractivity contribution in [1.29, 1.82) is 0 Å². The van der Waals surface area contributed by atoms with E-state index >= 15 is 0 Å². The highest BCUT2D eigenvalue weighted by molar-refractivity contribution is 5.10. The van der Waals surface area contributed by atoms with Gasteiger partial charge < -0.3 is 9.84 Å². The number of nitrogens with zero attached hydrogens (tertiary/aromatic N) is 2. The van der Waals surface area contributed by atoms with Gasteiger partial charge in [-0.05, 0) is 0 Å². The summed E-state index contributed by atoms with van der Waals surface area (Å²) in [5, 5.41) is 12.2. The van der Waals surface area contributed by atoms with Gasteiger partial charge in [0.05, 0.1) is 19.5 Å². The maximum absolute atomic E-state index is 8.49. The van der Waals surface area contributed by atoms with Crippen LogP contribution in [-0.2, 0) is 6.73 Å². The van der Waals surface area contributed by atoms with Crippen molar-refractivity contribution in [3.63, 3.8) is 0 Å². The van der Waals surface area contributed by atoms with E-state index in [0.717, 1.165) is 0 Å². The van der Waals surface area contributed by atoms with Gasteiger partial charge in [-0.1, -0.05) is 0 Å². The minimum Gasteiger partial charge on any atom is -0.493 e. The fourth-order valence-electron chi connectivity index (χ4n) is 0.527. The highest BCUT2D eigenvalue weighted by Gasteiger charge is 1.92. The SMILES string of the molecule is COc1cnn(CO)c1. The van der Waals surface area contributed by atoms with Crippen molar-refractivity contribution in [1.82, 2.24) is 9.78 Å². The molecule has 0 bridgehead atoms. The number of aromatic nitrogens is 2. The molecule has 0 spiro atoms. The van der Waals surface area contributed by atoms with E-state index in [0.29, 0.717) is 5.75 Å². The van der Waals surface area contributed by atoms with E-state index in [1.807, 2.05) is 0 Å². The Morgan fingerprint density at radius 3 is 3.00 bits per heavy atom. The minimum atomic E-state index is -0.108. The third-order valence-electron chi connectivity index (χ3n) is 0.990. The number of ether oxygens (including phenoxy) is 1. The molecule has 50 valence electrons. The van der Waals surface area contributed by atoms with Gasteiger partial charge >= 0.3 is 0 Å². The molecule has 0 saturated heterocycles. The van der Waals surface area contributed by atoms with Crippen molar-refractivity contribution in [2.24, 2.45) is 0 Å². The Kier molecular flexibility index (Phi) is 1.69. The monoisotopic (exact) mass is 128 g/mol. The number of hydrogen-bond donors (Lipinski definition) is 1. The van der Waals surface area contributed by atoms with Crippen LogP contribution in [0, 0.1) is 0 Å². The maximum atomic E-state index is 8.49. The van der Waals surface area contributed by atoms with Gasteiger partial charge in [0.2, 0.25) is 0 Å². The van der Waals surface area contributed by atoms with Gasteiger partial charge in [-0.15, -0.1) is 0 Å². The molecule has 0 amide bonds. The summed E-state index contributed by atoms with van der Waals surface area (Å²) >= 11 is 0. The summed E-state index contributed by atoms with van der Waals surface area (Å²) in [6.07, 6.45) is 3.15. The third-order valence-corrected chi connectivity index (χ3v) is 0.990. The first-order valence-electron chi connectivity index (χ1n) is 2.54. The Bertz CT molecular complexity index is 166. The molecule has 1 rings (SSSR count). The zero-order valence-electron chi connectivity index (χ0n) is 5.11. The largest absolute Gasteiger partial charge is 0.493 e. The van der Waals surface area contributed by atoms with Crippen molar-refractivity contribution in [3.05, 3.63) is 12.4 Å². The van der Waals surface area contributed by atoms with Crippen molar-refractivity contribution >= 4 is 0 Å². The summed E-state index contributed by atoms with van der Waals surface area (Å²) in [5.74, 6) is 0.657. The molecule has 0 radical (unpaired) electrons. The summed E-state index contributed by atoms with van der Waals surface area (Å²) in [6, 6.07) is 0. The Hall–Kier alpha value is -1.03. The van der Waals surface area contributed by atoms with Crippen molar-refractivity contribution in [3.8, 4) is 5.75 Å². The van der Waals surface area contributed by atoms with Gasteiger partial charge in [-0.2, -0.15) is 5.10 Å². The lowest BCUT2D eigenvalue weighted by Gasteiger charge is -1.90. The number of aliphatic hydroxyl groups is 1. The predicted molar refractivity (Wildman–Crippen MR) is 31.0 cm³/mol. The van der Waals surface area contributed by atoms with Gasteiger partial charge in [0.25, 0.3) is 0 Å². The Morgan fingerprint density at radius 2 is 2.67 bits per heavy atom. The molecular weight excluding hydrogens is 120 g/mol. The second kappa shape index (κ2) is 2.50. The third kappa shape index (κ3) is 1.20. The molecule has 4 heteroatoms. The normalized spacial score (nSPS) is 9.56. The molecular formula is C5H8N2O2. The van der Waals surface area contributed by atoms with Gasteiger partial charge in [0, 0.05) is 0 Å². The quantitative estimate of drug-likeness (QED) is 0.602. The maximum Gasteiger partial charge on any atom is 0.156 e. The minimum absolute atomic E-state index is 0.108. The first kappa shape index (κ1) is 6.10. The van der Waals surface area contributed by atoms with Gasteiger partial charge in [-0.25, -0.2) is 4.68 Å². The molecule has 0 saturated carbocycles. The molecule has 0 aliphatic rings. The standard InChI is InChI=1S/C5H8N2O2/c1-9-5-2-6-7(3-5)4-8/h2-3,8H,4H2,1H3. The highest BCUT2D eigenvalue weighted by Crippen LogP contribution is 2.04. The second-order valence-electron chi connectivity index (χ2n) is 1.56. The van der Waals surface area contributed by atoms with Gasteiger partial charge in [-0.3, -0.25) is 0 Å². The van der Waals surface area contributed by atoms with Crippen LogP contribution in [0.15, 0.2) is 12.4 Å². The Labute approximate surface area is 52.7 Å². The zero-order chi connectivity index (χ0) is 6.69. The van der Waals surface area contributed by atoms with Crippen LogP contribution in [0.4, 0.5) is 0 Å². The van der Waals surface area contributed by atoms with E-state index in [2.05, 4.69) is 5.10 Å². The average molecular weight is 128 g/mol. The first-order chi connectivity index (χ1) is 4.36. The summed E-state index contributed by atoms with van der Waals surface area (Å²) in [5.41, 5.74) is 0. The lowest BCUT2D eigenvalue weighted by atomic mass is 10.7. The van der Waals surface area contributed by atoms with E-state index in [4.69, 9.17) is 9.84 Å². The summed E-state index contributed by atoms with van der Waals surface area (Å²) in [4.78, 5) is 0. The molecule has 9 heavy (non-hydrogen) atoms. The second-order valence-corrected chi connectivity index (χ2v) is 1.56. The lowest BCUT2D eigenvalue weighted by molar-refractivity contribution is 0.195. The fourth-order valence-corrected chi connectivity index (χ4v) is 0.527. The fraction of sp³-hybridized carbons (Fsp3) is 0.400. The van der Waals surface area contributed by atoms with Crippen molar-refractivity contribution in [2.75, 3.05) is 7.11 Å². The van der Waals surface area contributed by atoms with Crippen LogP contribution >= 0.6 is 0 Å². The predicted octanol–water partition coefficient (Wildman–Crippen LogP) is -0.159. The van der Waals surface area contributed by atoms with Crippen LogP contribution in [0.25, 0.3) is 0 Å². The van der Waals surface area contributed by atoms with E-state index in [1.54, 1.807) is 13.3 Å². The smallest absolute Gasteiger partial charge is 0.156 e. The van der Waals surface area contributed by atoms with E-state index in [1.165, 1.54) is 10.9 Å². The zero-order valence-corrected chi connectivity index (χ0v) is 5.11. The molecule has 0 aromatic carbocycles. The molecule has 1 N–H and O–H groups in total. The average Bonchev–Trinajstić information content (AvgIpc) is 2.34. The van der Waals surface area contributed by atoms with Crippen LogP contribution in [0.5, 0.6) is 5.75 Å². The van der Waals surface area contributed by atoms with Crippen LogP contribution in [0.2, 0.25) is 0 Å². The molecule has 4 nitrogen and oxygen atoms in total. The van der Waals surface area contributed by atoms with Crippen LogP contribution < -0.4 is 4.74 Å².